The molecule has 0 aliphatic heterocycles. The molecule has 0 bridgehead atoms. The zero-order valence-corrected chi connectivity index (χ0v) is 20.9. The fourth-order valence-electron chi connectivity index (χ4n) is 3.48. The van der Waals surface area contributed by atoms with Gasteiger partial charge in [-0.3, -0.25) is 9.36 Å². The number of para-hydroxylation sites is 3. The number of hydrogen-bond donors (Lipinski definition) is 1. The molecule has 0 aliphatic carbocycles. The van der Waals surface area contributed by atoms with Crippen molar-refractivity contribution in [2.24, 2.45) is 0 Å². The van der Waals surface area contributed by atoms with Crippen molar-refractivity contribution in [2.45, 2.75) is 30.4 Å². The van der Waals surface area contributed by atoms with Crippen molar-refractivity contribution in [3.05, 3.63) is 90.3 Å². The molecule has 9 heteroatoms. The molecule has 1 amide bonds. The molecule has 3 aromatic carbocycles. The Balaban J connectivity index is 1.58. The Labute approximate surface area is 213 Å². The van der Waals surface area contributed by atoms with Crippen LogP contribution in [0.15, 0.2) is 84.0 Å². The number of methoxy groups -OCH3 is 1. The Hall–Kier alpha value is -4.29. The smallest absolute Gasteiger partial charge is 0.237 e. The third-order valence-electron chi connectivity index (χ3n) is 5.34. The van der Waals surface area contributed by atoms with Crippen molar-refractivity contribution in [3.63, 3.8) is 0 Å². The summed E-state index contributed by atoms with van der Waals surface area (Å²) in [6, 6.07) is 25.9. The topological polar surface area (TPSA) is 102 Å². The number of hydrogen-bond acceptors (Lipinski definition) is 7. The molecule has 0 saturated carbocycles. The molecule has 0 spiro atoms. The van der Waals surface area contributed by atoms with Crippen molar-refractivity contribution in [1.29, 1.82) is 5.26 Å². The number of nitrogens with zero attached hydrogens (tertiary/aromatic N) is 4. The molecule has 1 aromatic heterocycles. The number of aromatic nitrogens is 3. The molecule has 0 aliphatic rings. The van der Waals surface area contributed by atoms with E-state index < -0.39 is 11.4 Å². The average molecular weight is 500 g/mol. The lowest BCUT2D eigenvalue weighted by Gasteiger charge is -2.18. The first-order valence-corrected chi connectivity index (χ1v) is 12.2. The van der Waals surface area contributed by atoms with Crippen molar-refractivity contribution >= 4 is 23.4 Å². The van der Waals surface area contributed by atoms with Crippen LogP contribution < -0.4 is 14.8 Å². The number of thioether (sulfide) groups is 1. The second kappa shape index (κ2) is 11.4. The van der Waals surface area contributed by atoms with E-state index >= 15 is 0 Å². The molecule has 4 aromatic rings. The summed E-state index contributed by atoms with van der Waals surface area (Å²) in [6.45, 7) is 3.70. The molecule has 36 heavy (non-hydrogen) atoms. The van der Waals surface area contributed by atoms with Gasteiger partial charge in [-0.25, -0.2) is 0 Å². The first kappa shape index (κ1) is 24.8. The highest BCUT2D eigenvalue weighted by Gasteiger charge is 2.25. The summed E-state index contributed by atoms with van der Waals surface area (Å²) in [7, 11) is 1.60. The molecule has 182 valence electrons. The monoisotopic (exact) mass is 499 g/mol. The molecule has 0 saturated heterocycles. The lowest BCUT2D eigenvalue weighted by Crippen LogP contribution is -2.23. The SMILES string of the molecule is COc1ccccc1OC(C)c1nnc(SC(C)C(=O)Nc2ccc(C#N)cc2)n1-c1ccccc1. The van der Waals surface area contributed by atoms with Crippen LogP contribution in [0, 0.1) is 11.3 Å². The van der Waals surface area contributed by atoms with E-state index in [4.69, 9.17) is 14.7 Å². The van der Waals surface area contributed by atoms with Gasteiger partial charge in [0.1, 0.15) is 0 Å². The van der Waals surface area contributed by atoms with E-state index in [-0.39, 0.29) is 5.91 Å². The van der Waals surface area contributed by atoms with E-state index in [1.54, 1.807) is 31.4 Å². The highest BCUT2D eigenvalue weighted by atomic mass is 32.2. The third kappa shape index (κ3) is 5.67. The molecule has 8 nitrogen and oxygen atoms in total. The highest BCUT2D eigenvalue weighted by Crippen LogP contribution is 2.33. The second-order valence-corrected chi connectivity index (χ2v) is 9.17. The van der Waals surface area contributed by atoms with Crippen molar-refractivity contribution < 1.29 is 14.3 Å². The van der Waals surface area contributed by atoms with Crippen LogP contribution in [0.3, 0.4) is 0 Å². The molecule has 0 fully saturated rings. The summed E-state index contributed by atoms with van der Waals surface area (Å²) in [4.78, 5) is 12.9. The van der Waals surface area contributed by atoms with Gasteiger partial charge >= 0.3 is 0 Å². The number of carbonyl (C=O) groups is 1. The molecule has 4 rings (SSSR count). The van der Waals surface area contributed by atoms with Crippen molar-refractivity contribution in [3.8, 4) is 23.3 Å². The minimum atomic E-state index is -0.467. The Bertz CT molecular complexity index is 1370. The normalized spacial score (nSPS) is 12.3. The summed E-state index contributed by atoms with van der Waals surface area (Å²) in [5, 5.41) is 20.8. The van der Waals surface area contributed by atoms with Gasteiger partial charge in [-0.05, 0) is 62.4 Å². The number of benzene rings is 3. The summed E-state index contributed by atoms with van der Waals surface area (Å²) in [5.41, 5.74) is 2.01. The molecular formula is C27H25N5O3S. The number of amides is 1. The Morgan fingerprint density at radius 3 is 2.31 bits per heavy atom. The van der Waals surface area contributed by atoms with E-state index in [9.17, 15) is 4.79 Å². The van der Waals surface area contributed by atoms with Gasteiger partial charge in [-0.1, -0.05) is 42.1 Å². The maximum atomic E-state index is 12.9. The Kier molecular flexibility index (Phi) is 7.88. The fourth-order valence-corrected chi connectivity index (χ4v) is 4.36. The zero-order chi connectivity index (χ0) is 25.5. The number of ether oxygens (including phenoxy) is 2. The van der Waals surface area contributed by atoms with Crippen LogP contribution in [0.25, 0.3) is 5.69 Å². The second-order valence-electron chi connectivity index (χ2n) is 7.86. The number of rotatable bonds is 9. The number of nitrogens with one attached hydrogen (secondary N) is 1. The molecule has 0 radical (unpaired) electrons. The van der Waals surface area contributed by atoms with Crippen LogP contribution in [0.4, 0.5) is 5.69 Å². The van der Waals surface area contributed by atoms with Gasteiger partial charge in [0.2, 0.25) is 5.91 Å². The number of anilines is 1. The fraction of sp³-hybridized carbons (Fsp3) is 0.185. The maximum Gasteiger partial charge on any atom is 0.237 e. The number of carbonyl (C=O) groups excluding carboxylic acids is 1. The Morgan fingerprint density at radius 2 is 1.64 bits per heavy atom. The van der Waals surface area contributed by atoms with E-state index in [0.29, 0.717) is 33.7 Å². The van der Waals surface area contributed by atoms with E-state index in [1.165, 1.54) is 11.8 Å². The van der Waals surface area contributed by atoms with E-state index in [0.717, 1.165) is 5.69 Å². The van der Waals surface area contributed by atoms with Crippen molar-refractivity contribution in [2.75, 3.05) is 12.4 Å². The molecular weight excluding hydrogens is 474 g/mol. The van der Waals surface area contributed by atoms with Crippen LogP contribution in [0.5, 0.6) is 11.5 Å². The lowest BCUT2D eigenvalue weighted by molar-refractivity contribution is -0.115. The molecule has 2 unspecified atom stereocenters. The van der Waals surface area contributed by atoms with Crippen LogP contribution >= 0.6 is 11.8 Å². The van der Waals surface area contributed by atoms with Crippen LogP contribution in [-0.2, 0) is 4.79 Å². The van der Waals surface area contributed by atoms with Gasteiger partial charge in [0.25, 0.3) is 0 Å². The Morgan fingerprint density at radius 1 is 0.972 bits per heavy atom. The quantitative estimate of drug-likeness (QED) is 0.307. The molecule has 1 N–H and O–H groups in total. The standard InChI is InChI=1S/C27H25N5O3S/c1-18(35-24-12-8-7-11-23(24)34-3)25-30-31-27(32(25)22-9-5-4-6-10-22)36-19(2)26(33)29-21-15-13-20(17-28)14-16-21/h4-16,18-19H,1-3H3,(H,29,33). The van der Waals surface area contributed by atoms with E-state index in [1.807, 2.05) is 73.0 Å². The lowest BCUT2D eigenvalue weighted by atomic mass is 10.2. The largest absolute Gasteiger partial charge is 0.493 e. The predicted molar refractivity (Wildman–Crippen MR) is 139 cm³/mol. The third-order valence-corrected chi connectivity index (χ3v) is 6.38. The van der Waals surface area contributed by atoms with E-state index in [2.05, 4.69) is 21.6 Å². The van der Waals surface area contributed by atoms with Gasteiger partial charge in [0, 0.05) is 11.4 Å². The minimum absolute atomic E-state index is 0.188. The summed E-state index contributed by atoms with van der Waals surface area (Å²) in [6.07, 6.45) is -0.453. The summed E-state index contributed by atoms with van der Waals surface area (Å²) in [5.74, 6) is 1.62. The molecule has 1 heterocycles. The first-order valence-electron chi connectivity index (χ1n) is 11.3. The highest BCUT2D eigenvalue weighted by molar-refractivity contribution is 8.00. The van der Waals surface area contributed by atoms with Gasteiger partial charge in [-0.2, -0.15) is 5.26 Å². The first-order chi connectivity index (χ1) is 17.5. The van der Waals surface area contributed by atoms with Gasteiger partial charge in [-0.15, -0.1) is 10.2 Å². The van der Waals surface area contributed by atoms with Crippen LogP contribution in [0.2, 0.25) is 0 Å². The zero-order valence-electron chi connectivity index (χ0n) is 20.1. The number of nitriles is 1. The van der Waals surface area contributed by atoms with Crippen molar-refractivity contribution in [1.82, 2.24) is 14.8 Å². The predicted octanol–water partition coefficient (Wildman–Crippen LogP) is 5.41. The van der Waals surface area contributed by atoms with Crippen LogP contribution in [0.1, 0.15) is 31.3 Å². The van der Waals surface area contributed by atoms with Gasteiger partial charge < -0.3 is 14.8 Å². The molecule has 2 atom stereocenters. The maximum absolute atomic E-state index is 12.9. The van der Waals surface area contributed by atoms with Gasteiger partial charge in [0.05, 0.1) is 24.0 Å². The summed E-state index contributed by atoms with van der Waals surface area (Å²) < 4.78 is 13.5. The minimum Gasteiger partial charge on any atom is -0.493 e. The van der Waals surface area contributed by atoms with Crippen LogP contribution in [-0.4, -0.2) is 33.0 Å². The average Bonchev–Trinajstić information content (AvgIpc) is 3.33. The van der Waals surface area contributed by atoms with Gasteiger partial charge in [0.15, 0.2) is 28.6 Å². The summed E-state index contributed by atoms with van der Waals surface area (Å²) >= 11 is 1.30.